The first-order valence-corrected chi connectivity index (χ1v) is 6.45. The number of nitrogens with one attached hydrogen (secondary N) is 1. The Balaban J connectivity index is 2.09. The van der Waals surface area contributed by atoms with Crippen LogP contribution in [0.5, 0.6) is 0 Å². The lowest BCUT2D eigenvalue weighted by Crippen LogP contribution is -2.21. The minimum atomic E-state index is -1.15. The molecule has 0 radical (unpaired) electrons. The van der Waals surface area contributed by atoms with Gasteiger partial charge in [0.15, 0.2) is 0 Å². The molecule has 102 valence electrons. The van der Waals surface area contributed by atoms with Gasteiger partial charge in [0.05, 0.1) is 16.3 Å². The third-order valence-electron chi connectivity index (χ3n) is 3.05. The minimum absolute atomic E-state index is 0.0594. The maximum atomic E-state index is 11.7. The molecule has 0 bridgehead atoms. The van der Waals surface area contributed by atoms with Gasteiger partial charge in [-0.1, -0.05) is 17.7 Å². The molecule has 2 rings (SSSR count). The van der Waals surface area contributed by atoms with Gasteiger partial charge in [0.25, 0.3) is 0 Å². The van der Waals surface area contributed by atoms with Crippen LogP contribution < -0.4 is 5.32 Å². The second-order valence-corrected chi connectivity index (χ2v) is 4.81. The van der Waals surface area contributed by atoms with Gasteiger partial charge in [-0.2, -0.15) is 0 Å². The van der Waals surface area contributed by atoms with Gasteiger partial charge in [-0.25, -0.2) is 9.59 Å². The van der Waals surface area contributed by atoms with Crippen LogP contribution in [0.1, 0.15) is 36.0 Å². The number of anilines is 1. The van der Waals surface area contributed by atoms with E-state index in [-0.39, 0.29) is 22.4 Å². The molecule has 6 heteroatoms. The van der Waals surface area contributed by atoms with Crippen molar-refractivity contribution in [1.29, 1.82) is 0 Å². The Morgan fingerprint density at radius 3 is 2.63 bits per heavy atom. The highest BCUT2D eigenvalue weighted by atomic mass is 35.5. The van der Waals surface area contributed by atoms with Crippen LogP contribution in [0, 0.1) is 0 Å². The van der Waals surface area contributed by atoms with Crippen molar-refractivity contribution in [1.82, 2.24) is 0 Å². The summed E-state index contributed by atoms with van der Waals surface area (Å²) in [7, 11) is 0. The zero-order valence-electron chi connectivity index (χ0n) is 10.2. The first-order valence-electron chi connectivity index (χ1n) is 6.07. The number of carboxylic acids is 1. The van der Waals surface area contributed by atoms with Crippen molar-refractivity contribution in [2.24, 2.45) is 0 Å². The predicted molar refractivity (Wildman–Crippen MR) is 70.8 cm³/mol. The molecule has 0 heterocycles. The van der Waals surface area contributed by atoms with E-state index in [0.717, 1.165) is 25.7 Å². The number of amides is 1. The zero-order chi connectivity index (χ0) is 13.8. The van der Waals surface area contributed by atoms with Crippen LogP contribution in [0.2, 0.25) is 5.02 Å². The highest BCUT2D eigenvalue weighted by Crippen LogP contribution is 2.27. The SMILES string of the molecule is O=C(Nc1c(Cl)cccc1C(=O)O)OC1CCCC1. The van der Waals surface area contributed by atoms with Crippen molar-refractivity contribution in [3.63, 3.8) is 0 Å². The van der Waals surface area contributed by atoms with Crippen molar-refractivity contribution in [2.45, 2.75) is 31.8 Å². The lowest BCUT2D eigenvalue weighted by Gasteiger charge is -2.14. The summed E-state index contributed by atoms with van der Waals surface area (Å²) in [6.45, 7) is 0. The smallest absolute Gasteiger partial charge is 0.411 e. The van der Waals surface area contributed by atoms with Gasteiger partial charge in [0.1, 0.15) is 6.10 Å². The monoisotopic (exact) mass is 283 g/mol. The number of para-hydroxylation sites is 1. The first kappa shape index (κ1) is 13.7. The average Bonchev–Trinajstić information content (AvgIpc) is 2.84. The number of halogens is 1. The highest BCUT2D eigenvalue weighted by molar-refractivity contribution is 6.34. The summed E-state index contributed by atoms with van der Waals surface area (Å²) in [5, 5.41) is 11.6. The Kier molecular flexibility index (Phi) is 4.27. The molecule has 1 fully saturated rings. The summed E-state index contributed by atoms with van der Waals surface area (Å²) < 4.78 is 5.20. The maximum Gasteiger partial charge on any atom is 0.411 e. The fraction of sp³-hybridized carbons (Fsp3) is 0.385. The summed E-state index contributed by atoms with van der Waals surface area (Å²) in [5.41, 5.74) is 0.00976. The van der Waals surface area contributed by atoms with Gasteiger partial charge in [-0.3, -0.25) is 5.32 Å². The van der Waals surface area contributed by atoms with E-state index in [9.17, 15) is 9.59 Å². The molecule has 0 unspecified atom stereocenters. The molecule has 1 aliphatic carbocycles. The van der Waals surface area contributed by atoms with Crippen molar-refractivity contribution in [2.75, 3.05) is 5.32 Å². The van der Waals surface area contributed by atoms with Crippen LogP contribution in [0.4, 0.5) is 10.5 Å². The molecule has 19 heavy (non-hydrogen) atoms. The predicted octanol–water partition coefficient (Wildman–Crippen LogP) is 3.53. The van der Waals surface area contributed by atoms with Crippen LogP contribution in [-0.4, -0.2) is 23.3 Å². The second kappa shape index (κ2) is 5.93. The Bertz CT molecular complexity index is 497. The third-order valence-corrected chi connectivity index (χ3v) is 3.36. The fourth-order valence-corrected chi connectivity index (χ4v) is 2.34. The number of rotatable bonds is 3. The van der Waals surface area contributed by atoms with Gasteiger partial charge in [-0.15, -0.1) is 0 Å². The lowest BCUT2D eigenvalue weighted by atomic mass is 10.2. The molecule has 1 aromatic carbocycles. The van der Waals surface area contributed by atoms with Crippen LogP contribution >= 0.6 is 11.6 Å². The summed E-state index contributed by atoms with van der Waals surface area (Å²) >= 11 is 5.90. The summed E-state index contributed by atoms with van der Waals surface area (Å²) in [5.74, 6) is -1.15. The quantitative estimate of drug-likeness (QED) is 0.890. The lowest BCUT2D eigenvalue weighted by molar-refractivity contribution is 0.0698. The normalized spacial score (nSPS) is 15.2. The van der Waals surface area contributed by atoms with Gasteiger partial charge in [0.2, 0.25) is 0 Å². The largest absolute Gasteiger partial charge is 0.478 e. The first-order chi connectivity index (χ1) is 9.08. The molecule has 1 aromatic rings. The molecule has 0 atom stereocenters. The molecule has 1 saturated carbocycles. The van der Waals surface area contributed by atoms with E-state index in [1.165, 1.54) is 18.2 Å². The van der Waals surface area contributed by atoms with Crippen LogP contribution in [0.25, 0.3) is 0 Å². The minimum Gasteiger partial charge on any atom is -0.478 e. The van der Waals surface area contributed by atoms with Crippen molar-refractivity contribution < 1.29 is 19.4 Å². The number of aromatic carboxylic acids is 1. The van der Waals surface area contributed by atoms with Crippen LogP contribution in [-0.2, 0) is 4.74 Å². The molecule has 2 N–H and O–H groups in total. The number of carbonyl (C=O) groups is 2. The van der Waals surface area contributed by atoms with E-state index >= 15 is 0 Å². The van der Waals surface area contributed by atoms with Gasteiger partial charge < -0.3 is 9.84 Å². The van der Waals surface area contributed by atoms with E-state index in [1.807, 2.05) is 0 Å². The molecule has 1 amide bonds. The molecule has 0 aliphatic heterocycles. The Hall–Kier alpha value is -1.75. The number of hydrogen-bond acceptors (Lipinski definition) is 3. The van der Waals surface area contributed by atoms with Crippen molar-refractivity contribution >= 4 is 29.4 Å². The molecular formula is C13H14ClNO4. The number of hydrogen-bond donors (Lipinski definition) is 2. The highest BCUT2D eigenvalue weighted by Gasteiger charge is 2.21. The molecule has 5 nitrogen and oxygen atoms in total. The van der Waals surface area contributed by atoms with E-state index in [4.69, 9.17) is 21.4 Å². The summed E-state index contributed by atoms with van der Waals surface area (Å²) in [6.07, 6.45) is 3.04. The zero-order valence-corrected chi connectivity index (χ0v) is 10.9. The van der Waals surface area contributed by atoms with E-state index < -0.39 is 12.1 Å². The van der Waals surface area contributed by atoms with Crippen molar-refractivity contribution in [3.8, 4) is 0 Å². The second-order valence-electron chi connectivity index (χ2n) is 4.40. The Morgan fingerprint density at radius 1 is 1.32 bits per heavy atom. The Labute approximate surface area is 115 Å². The third kappa shape index (κ3) is 3.38. The number of carbonyl (C=O) groups excluding carboxylic acids is 1. The topological polar surface area (TPSA) is 75.6 Å². The molecule has 1 aliphatic rings. The van der Waals surface area contributed by atoms with Crippen LogP contribution in [0.15, 0.2) is 18.2 Å². The fourth-order valence-electron chi connectivity index (χ4n) is 2.12. The molecule has 0 saturated heterocycles. The number of benzene rings is 1. The van der Waals surface area contributed by atoms with Gasteiger partial charge in [-0.05, 0) is 37.8 Å². The molecule has 0 spiro atoms. The number of ether oxygens (including phenoxy) is 1. The molecule has 0 aromatic heterocycles. The van der Waals surface area contributed by atoms with Crippen LogP contribution in [0.3, 0.4) is 0 Å². The standard InChI is InChI=1S/C13H14ClNO4/c14-10-7-3-6-9(12(16)17)11(10)15-13(18)19-8-4-1-2-5-8/h3,6-8H,1-2,4-5H2,(H,15,18)(H,16,17). The van der Waals surface area contributed by atoms with E-state index in [0.29, 0.717) is 0 Å². The summed E-state index contributed by atoms with van der Waals surface area (Å²) in [6, 6.07) is 4.40. The maximum absolute atomic E-state index is 11.7. The Morgan fingerprint density at radius 2 is 2.00 bits per heavy atom. The van der Waals surface area contributed by atoms with Gasteiger partial charge in [0, 0.05) is 0 Å². The average molecular weight is 284 g/mol. The number of carboxylic acid groups (broad SMARTS) is 1. The van der Waals surface area contributed by atoms with Crippen molar-refractivity contribution in [3.05, 3.63) is 28.8 Å². The van der Waals surface area contributed by atoms with E-state index in [2.05, 4.69) is 5.32 Å². The molecular weight excluding hydrogens is 270 g/mol. The van der Waals surface area contributed by atoms with Gasteiger partial charge >= 0.3 is 12.1 Å². The summed E-state index contributed by atoms with van der Waals surface area (Å²) in [4.78, 5) is 22.8. The van der Waals surface area contributed by atoms with E-state index in [1.54, 1.807) is 0 Å².